The number of aromatic nitrogens is 2. The molecule has 0 spiro atoms. The van der Waals surface area contributed by atoms with Gasteiger partial charge in [-0.25, -0.2) is 15.8 Å². The van der Waals surface area contributed by atoms with E-state index in [0.717, 1.165) is 15.7 Å². The monoisotopic (exact) mass is 339 g/mol. The molecule has 0 aliphatic carbocycles. The van der Waals surface area contributed by atoms with E-state index in [1.807, 2.05) is 31.4 Å². The summed E-state index contributed by atoms with van der Waals surface area (Å²) in [6.45, 7) is 2.03. The highest BCUT2D eigenvalue weighted by atomic mass is 79.9. The highest BCUT2D eigenvalue weighted by Crippen LogP contribution is 2.27. The summed E-state index contributed by atoms with van der Waals surface area (Å²) in [4.78, 5) is 8.61. The lowest BCUT2D eigenvalue weighted by Gasteiger charge is -2.11. The van der Waals surface area contributed by atoms with Crippen LogP contribution < -0.4 is 16.6 Å². The Morgan fingerprint density at radius 2 is 2.00 bits per heavy atom. The number of halogens is 1. The molecule has 0 saturated heterocycles. The molecule has 0 fully saturated rings. The number of nitrogens with one attached hydrogen (secondary N) is 2. The van der Waals surface area contributed by atoms with Crippen LogP contribution in [-0.4, -0.2) is 16.2 Å². The van der Waals surface area contributed by atoms with Crippen molar-refractivity contribution in [1.82, 2.24) is 9.97 Å². The molecule has 4 N–H and O–H groups in total. The molecule has 100 valence electrons. The molecular formula is C12H14BrN5S. The smallest absolute Gasteiger partial charge is 0.191 e. The second-order valence-electron chi connectivity index (χ2n) is 3.81. The molecule has 1 heterocycles. The van der Waals surface area contributed by atoms with Gasteiger partial charge in [-0.3, -0.25) is 0 Å². The minimum absolute atomic E-state index is 0.578. The third-order valence-corrected chi connectivity index (χ3v) is 3.97. The molecule has 0 unspecified atom stereocenters. The first-order chi connectivity index (χ1) is 9.13. The van der Waals surface area contributed by atoms with Crippen LogP contribution in [-0.2, 0) is 0 Å². The molecule has 1 aromatic carbocycles. The normalized spacial score (nSPS) is 10.3. The van der Waals surface area contributed by atoms with Gasteiger partial charge < -0.3 is 10.7 Å². The lowest BCUT2D eigenvalue weighted by Crippen LogP contribution is -2.10. The highest BCUT2D eigenvalue weighted by molar-refractivity contribution is 9.10. The standard InChI is InChI=1S/C12H14BrN5S/c1-7-8(13)4-3-5-9(7)15-10-6-11(18-14)17-12(16-10)19-2/h3-6H,14H2,1-2H3,(H2,15,16,17,18). The Morgan fingerprint density at radius 1 is 1.26 bits per heavy atom. The van der Waals surface area contributed by atoms with E-state index in [4.69, 9.17) is 5.84 Å². The van der Waals surface area contributed by atoms with Crippen LogP contribution >= 0.6 is 27.7 Å². The number of nitrogens with two attached hydrogens (primary N) is 1. The Hall–Kier alpha value is -1.31. The molecule has 0 bridgehead atoms. The van der Waals surface area contributed by atoms with Crippen molar-refractivity contribution in [2.45, 2.75) is 12.1 Å². The maximum absolute atomic E-state index is 5.40. The van der Waals surface area contributed by atoms with Crippen molar-refractivity contribution in [1.29, 1.82) is 0 Å². The SMILES string of the molecule is CSc1nc(NN)cc(Nc2cccc(Br)c2C)n1. The van der Waals surface area contributed by atoms with E-state index in [9.17, 15) is 0 Å². The number of thioether (sulfide) groups is 1. The van der Waals surface area contributed by atoms with Gasteiger partial charge in [0, 0.05) is 16.2 Å². The van der Waals surface area contributed by atoms with Gasteiger partial charge in [0.2, 0.25) is 0 Å². The minimum atomic E-state index is 0.578. The molecule has 7 heteroatoms. The summed E-state index contributed by atoms with van der Waals surface area (Å²) in [6, 6.07) is 7.73. The maximum Gasteiger partial charge on any atom is 0.191 e. The van der Waals surface area contributed by atoms with Crippen molar-refractivity contribution in [2.75, 3.05) is 17.0 Å². The van der Waals surface area contributed by atoms with Gasteiger partial charge in [0.25, 0.3) is 0 Å². The predicted octanol–water partition coefficient (Wildman–Crippen LogP) is 3.30. The number of nitrogens with zero attached hydrogens (tertiary/aromatic N) is 2. The topological polar surface area (TPSA) is 75.9 Å². The van der Waals surface area contributed by atoms with E-state index in [-0.39, 0.29) is 0 Å². The van der Waals surface area contributed by atoms with Crippen LogP contribution in [0, 0.1) is 6.92 Å². The Morgan fingerprint density at radius 3 is 2.68 bits per heavy atom. The lowest BCUT2D eigenvalue weighted by atomic mass is 10.2. The lowest BCUT2D eigenvalue weighted by molar-refractivity contribution is 0.971. The fraction of sp³-hybridized carbons (Fsp3) is 0.167. The summed E-state index contributed by atoms with van der Waals surface area (Å²) in [5, 5.41) is 3.93. The Labute approximate surface area is 124 Å². The zero-order valence-corrected chi connectivity index (χ0v) is 13.0. The summed E-state index contributed by atoms with van der Waals surface area (Å²) in [7, 11) is 0. The molecule has 5 nitrogen and oxygen atoms in total. The van der Waals surface area contributed by atoms with Crippen molar-refractivity contribution >= 4 is 45.0 Å². The molecule has 1 aromatic heterocycles. The fourth-order valence-corrected chi connectivity index (χ4v) is 2.28. The van der Waals surface area contributed by atoms with Crippen LogP contribution in [0.3, 0.4) is 0 Å². The summed E-state index contributed by atoms with van der Waals surface area (Å²) < 4.78 is 1.05. The first kappa shape index (κ1) is 14.1. The van der Waals surface area contributed by atoms with Crippen molar-refractivity contribution in [3.63, 3.8) is 0 Å². The van der Waals surface area contributed by atoms with Gasteiger partial charge in [-0.15, -0.1) is 0 Å². The van der Waals surface area contributed by atoms with E-state index >= 15 is 0 Å². The third kappa shape index (κ3) is 3.37. The molecule has 2 rings (SSSR count). The average molecular weight is 340 g/mol. The minimum Gasteiger partial charge on any atom is -0.340 e. The third-order valence-electron chi connectivity index (χ3n) is 2.57. The average Bonchev–Trinajstić information content (AvgIpc) is 2.43. The number of anilines is 3. The van der Waals surface area contributed by atoms with Gasteiger partial charge in [0.1, 0.15) is 11.6 Å². The largest absolute Gasteiger partial charge is 0.340 e. The van der Waals surface area contributed by atoms with Crippen LogP contribution in [0.4, 0.5) is 17.3 Å². The van der Waals surface area contributed by atoms with Crippen LogP contribution in [0.2, 0.25) is 0 Å². The van der Waals surface area contributed by atoms with Crippen molar-refractivity contribution in [3.05, 3.63) is 34.3 Å². The fourth-order valence-electron chi connectivity index (χ4n) is 1.54. The molecule has 0 amide bonds. The van der Waals surface area contributed by atoms with E-state index in [1.165, 1.54) is 11.8 Å². The maximum atomic E-state index is 5.40. The van der Waals surface area contributed by atoms with Gasteiger partial charge >= 0.3 is 0 Å². The molecule has 2 aromatic rings. The van der Waals surface area contributed by atoms with Gasteiger partial charge in [-0.1, -0.05) is 33.8 Å². The van der Waals surface area contributed by atoms with Crippen molar-refractivity contribution < 1.29 is 0 Å². The number of benzene rings is 1. The molecule has 0 aliphatic rings. The molecule has 19 heavy (non-hydrogen) atoms. The van der Waals surface area contributed by atoms with E-state index < -0.39 is 0 Å². The van der Waals surface area contributed by atoms with E-state index in [2.05, 4.69) is 36.6 Å². The van der Waals surface area contributed by atoms with E-state index in [1.54, 1.807) is 6.07 Å². The van der Waals surface area contributed by atoms with Crippen molar-refractivity contribution in [3.8, 4) is 0 Å². The summed E-state index contributed by atoms with van der Waals surface area (Å²) >= 11 is 4.97. The first-order valence-electron chi connectivity index (χ1n) is 5.56. The zero-order chi connectivity index (χ0) is 13.8. The van der Waals surface area contributed by atoms with Gasteiger partial charge in [-0.05, 0) is 30.9 Å². The quantitative estimate of drug-likeness (QED) is 0.343. The Bertz CT molecular complexity index is 568. The van der Waals surface area contributed by atoms with Crippen LogP contribution in [0.1, 0.15) is 5.56 Å². The Balaban J connectivity index is 2.34. The van der Waals surface area contributed by atoms with Gasteiger partial charge in [0.15, 0.2) is 5.16 Å². The van der Waals surface area contributed by atoms with Gasteiger partial charge in [0.05, 0.1) is 0 Å². The predicted molar refractivity (Wildman–Crippen MR) is 83.8 cm³/mol. The second kappa shape index (κ2) is 6.23. The summed E-state index contributed by atoms with van der Waals surface area (Å²) in [5.74, 6) is 6.69. The van der Waals surface area contributed by atoms with E-state index in [0.29, 0.717) is 16.8 Å². The number of hydrazine groups is 1. The van der Waals surface area contributed by atoms with Gasteiger partial charge in [-0.2, -0.15) is 0 Å². The molecule has 0 aliphatic heterocycles. The van der Waals surface area contributed by atoms with Crippen LogP contribution in [0.5, 0.6) is 0 Å². The number of hydrogen-bond donors (Lipinski definition) is 3. The summed E-state index contributed by atoms with van der Waals surface area (Å²) in [6.07, 6.45) is 1.92. The molecular weight excluding hydrogens is 326 g/mol. The molecule has 0 atom stereocenters. The highest BCUT2D eigenvalue weighted by Gasteiger charge is 2.06. The second-order valence-corrected chi connectivity index (χ2v) is 5.43. The molecule has 0 saturated carbocycles. The van der Waals surface area contributed by atoms with Crippen LogP contribution in [0.25, 0.3) is 0 Å². The zero-order valence-electron chi connectivity index (χ0n) is 10.6. The number of nitrogen functional groups attached to an aromatic ring is 1. The first-order valence-corrected chi connectivity index (χ1v) is 7.57. The number of rotatable bonds is 4. The molecule has 0 radical (unpaired) electrons. The van der Waals surface area contributed by atoms with Crippen LogP contribution in [0.15, 0.2) is 33.9 Å². The Kier molecular flexibility index (Phi) is 4.62. The summed E-state index contributed by atoms with van der Waals surface area (Å²) in [5.41, 5.74) is 4.65. The van der Waals surface area contributed by atoms with Crippen molar-refractivity contribution in [2.24, 2.45) is 5.84 Å². The number of hydrogen-bond acceptors (Lipinski definition) is 6.